The minimum atomic E-state index is -0.413. The van der Waals surface area contributed by atoms with Gasteiger partial charge in [0, 0.05) is 40.6 Å². The Kier molecular flexibility index (Phi) is 2.19. The third kappa shape index (κ3) is 1.70. The van der Waals surface area contributed by atoms with Crippen LogP contribution < -0.4 is 5.73 Å². The van der Waals surface area contributed by atoms with E-state index in [-0.39, 0.29) is 0 Å². The van der Waals surface area contributed by atoms with Gasteiger partial charge < -0.3 is 10.1 Å². The Bertz CT molecular complexity index is 685. The van der Waals surface area contributed by atoms with E-state index in [0.29, 0.717) is 5.56 Å². The Balaban J connectivity index is 2.16. The van der Waals surface area contributed by atoms with Gasteiger partial charge in [-0.05, 0) is 18.2 Å². The van der Waals surface area contributed by atoms with E-state index in [1.807, 2.05) is 28.2 Å². The van der Waals surface area contributed by atoms with Gasteiger partial charge in [0.1, 0.15) is 5.01 Å². The van der Waals surface area contributed by atoms with E-state index in [0.717, 1.165) is 16.1 Å². The molecule has 0 fully saturated rings. The Morgan fingerprint density at radius 1 is 1.41 bits per heavy atom. The van der Waals surface area contributed by atoms with Gasteiger partial charge >= 0.3 is 0 Å². The molecule has 3 rings (SSSR count). The number of pyridine rings is 1. The molecule has 0 radical (unpaired) electrons. The predicted molar refractivity (Wildman–Crippen MR) is 67.0 cm³/mol. The van der Waals surface area contributed by atoms with Crippen molar-refractivity contribution < 1.29 is 4.79 Å². The van der Waals surface area contributed by atoms with E-state index >= 15 is 0 Å². The summed E-state index contributed by atoms with van der Waals surface area (Å²) in [7, 11) is 0. The summed E-state index contributed by atoms with van der Waals surface area (Å²) in [6.45, 7) is 0. The summed E-state index contributed by atoms with van der Waals surface area (Å²) >= 11 is 1.59. The van der Waals surface area contributed by atoms with Crippen molar-refractivity contribution in [1.29, 1.82) is 0 Å². The molecule has 5 heteroatoms. The first-order chi connectivity index (χ1) is 8.24. The van der Waals surface area contributed by atoms with Crippen molar-refractivity contribution >= 4 is 22.8 Å². The number of nitrogens with zero attached hydrogens (tertiary/aromatic N) is 2. The van der Waals surface area contributed by atoms with Crippen LogP contribution in [0.5, 0.6) is 0 Å². The molecule has 1 amide bonds. The minimum absolute atomic E-state index is 0.413. The maximum absolute atomic E-state index is 11.1. The summed E-state index contributed by atoms with van der Waals surface area (Å²) in [5.74, 6) is -0.413. The SMILES string of the molecule is NC(=O)c1ccn2cc(-c3nccs3)cc2c1. The number of fused-ring (bicyclic) bond motifs is 1. The largest absolute Gasteiger partial charge is 0.366 e. The number of carbonyl (C=O) groups is 1. The standard InChI is InChI=1S/C12H9N3OS/c13-11(16)8-1-3-15-7-9(6-10(15)5-8)12-14-2-4-17-12/h1-7H,(H2,13,16). The molecule has 3 aromatic rings. The van der Waals surface area contributed by atoms with Crippen LogP contribution >= 0.6 is 11.3 Å². The Morgan fingerprint density at radius 2 is 2.29 bits per heavy atom. The van der Waals surface area contributed by atoms with Gasteiger partial charge in [0.05, 0.1) is 0 Å². The zero-order valence-corrected chi connectivity index (χ0v) is 9.65. The highest BCUT2D eigenvalue weighted by molar-refractivity contribution is 7.13. The lowest BCUT2D eigenvalue weighted by Crippen LogP contribution is -2.10. The summed E-state index contributed by atoms with van der Waals surface area (Å²) in [5, 5.41) is 2.90. The quantitative estimate of drug-likeness (QED) is 0.749. The number of thiazole rings is 1. The van der Waals surface area contributed by atoms with E-state index in [4.69, 9.17) is 5.73 Å². The number of amides is 1. The highest BCUT2D eigenvalue weighted by Crippen LogP contribution is 2.24. The summed E-state index contributed by atoms with van der Waals surface area (Å²) < 4.78 is 1.95. The van der Waals surface area contributed by atoms with Crippen LogP contribution in [0.1, 0.15) is 10.4 Å². The van der Waals surface area contributed by atoms with Crippen LogP contribution in [0, 0.1) is 0 Å². The van der Waals surface area contributed by atoms with Gasteiger partial charge in [0.15, 0.2) is 0 Å². The first-order valence-electron chi connectivity index (χ1n) is 5.05. The lowest BCUT2D eigenvalue weighted by Gasteiger charge is -1.96. The Hall–Kier alpha value is -2.14. The maximum Gasteiger partial charge on any atom is 0.248 e. The molecule has 0 aliphatic rings. The molecule has 4 nitrogen and oxygen atoms in total. The second-order valence-corrected chi connectivity index (χ2v) is 4.57. The van der Waals surface area contributed by atoms with Crippen molar-refractivity contribution in [3.63, 3.8) is 0 Å². The Labute approximate surface area is 101 Å². The number of hydrogen-bond acceptors (Lipinski definition) is 3. The topological polar surface area (TPSA) is 60.4 Å². The van der Waals surface area contributed by atoms with Crippen LogP contribution in [0.4, 0.5) is 0 Å². The lowest BCUT2D eigenvalue weighted by atomic mass is 10.2. The fourth-order valence-electron chi connectivity index (χ4n) is 1.75. The highest BCUT2D eigenvalue weighted by Gasteiger charge is 2.06. The molecule has 17 heavy (non-hydrogen) atoms. The molecule has 2 N–H and O–H groups in total. The number of hydrogen-bond donors (Lipinski definition) is 1. The molecule has 0 saturated carbocycles. The summed E-state index contributed by atoms with van der Waals surface area (Å²) in [4.78, 5) is 15.3. The van der Waals surface area contributed by atoms with Crippen molar-refractivity contribution in [2.75, 3.05) is 0 Å². The van der Waals surface area contributed by atoms with Crippen molar-refractivity contribution in [1.82, 2.24) is 9.38 Å². The van der Waals surface area contributed by atoms with Crippen LogP contribution in [-0.2, 0) is 0 Å². The lowest BCUT2D eigenvalue weighted by molar-refractivity contribution is 0.100. The van der Waals surface area contributed by atoms with Gasteiger partial charge in [-0.1, -0.05) is 0 Å². The first kappa shape index (κ1) is 10.0. The zero-order valence-electron chi connectivity index (χ0n) is 8.83. The average molecular weight is 243 g/mol. The predicted octanol–water partition coefficient (Wildman–Crippen LogP) is 2.16. The van der Waals surface area contributed by atoms with E-state index < -0.39 is 5.91 Å². The first-order valence-corrected chi connectivity index (χ1v) is 5.93. The van der Waals surface area contributed by atoms with E-state index in [1.165, 1.54) is 0 Å². The third-order valence-corrected chi connectivity index (χ3v) is 3.38. The van der Waals surface area contributed by atoms with Gasteiger partial charge in [-0.25, -0.2) is 4.98 Å². The second-order valence-electron chi connectivity index (χ2n) is 3.68. The monoisotopic (exact) mass is 243 g/mol. The number of aromatic nitrogens is 2. The van der Waals surface area contributed by atoms with Gasteiger partial charge in [-0.3, -0.25) is 4.79 Å². The van der Waals surface area contributed by atoms with E-state index in [1.54, 1.807) is 29.7 Å². The highest BCUT2D eigenvalue weighted by atomic mass is 32.1. The molecule has 0 saturated heterocycles. The van der Waals surface area contributed by atoms with Gasteiger partial charge in [-0.15, -0.1) is 11.3 Å². The molecule has 0 spiro atoms. The second kappa shape index (κ2) is 3.71. The van der Waals surface area contributed by atoms with Crippen molar-refractivity contribution in [3.8, 4) is 10.6 Å². The van der Waals surface area contributed by atoms with Gasteiger partial charge in [0.2, 0.25) is 5.91 Å². The van der Waals surface area contributed by atoms with Gasteiger partial charge in [-0.2, -0.15) is 0 Å². The Morgan fingerprint density at radius 3 is 3.00 bits per heavy atom. The molecule has 0 atom stereocenters. The van der Waals surface area contributed by atoms with Crippen molar-refractivity contribution in [2.24, 2.45) is 5.73 Å². The van der Waals surface area contributed by atoms with Crippen molar-refractivity contribution in [2.45, 2.75) is 0 Å². The summed E-state index contributed by atoms with van der Waals surface area (Å²) in [5.41, 5.74) is 7.74. The molecule has 3 heterocycles. The molecular formula is C12H9N3OS. The number of rotatable bonds is 2. The van der Waals surface area contributed by atoms with Crippen LogP contribution in [0.15, 0.2) is 42.2 Å². The molecule has 0 unspecified atom stereocenters. The van der Waals surface area contributed by atoms with E-state index in [2.05, 4.69) is 4.98 Å². The van der Waals surface area contributed by atoms with Crippen LogP contribution in [0.2, 0.25) is 0 Å². The van der Waals surface area contributed by atoms with E-state index in [9.17, 15) is 4.79 Å². The molecular weight excluding hydrogens is 234 g/mol. The molecule has 3 aromatic heterocycles. The normalized spacial score (nSPS) is 10.8. The number of carbonyl (C=O) groups excluding carboxylic acids is 1. The molecule has 84 valence electrons. The fraction of sp³-hybridized carbons (Fsp3) is 0. The third-order valence-electron chi connectivity index (χ3n) is 2.56. The van der Waals surface area contributed by atoms with Gasteiger partial charge in [0.25, 0.3) is 0 Å². The molecule has 0 bridgehead atoms. The number of primary amides is 1. The zero-order chi connectivity index (χ0) is 11.8. The van der Waals surface area contributed by atoms with Crippen molar-refractivity contribution in [3.05, 3.63) is 47.7 Å². The number of nitrogens with two attached hydrogens (primary N) is 1. The van der Waals surface area contributed by atoms with Crippen LogP contribution in [0.3, 0.4) is 0 Å². The maximum atomic E-state index is 11.1. The average Bonchev–Trinajstić information content (AvgIpc) is 2.96. The summed E-state index contributed by atoms with van der Waals surface area (Å²) in [6, 6.07) is 5.48. The summed E-state index contributed by atoms with van der Waals surface area (Å²) in [6.07, 6.45) is 5.59. The smallest absolute Gasteiger partial charge is 0.248 e. The molecule has 0 aliphatic heterocycles. The van der Waals surface area contributed by atoms with Crippen LogP contribution in [0.25, 0.3) is 16.1 Å². The minimum Gasteiger partial charge on any atom is -0.366 e. The fourth-order valence-corrected chi connectivity index (χ4v) is 2.37. The molecule has 0 aliphatic carbocycles. The molecule has 0 aromatic carbocycles. The van der Waals surface area contributed by atoms with Crippen LogP contribution in [-0.4, -0.2) is 15.3 Å².